The maximum atomic E-state index is 11.8. The van der Waals surface area contributed by atoms with E-state index in [-0.39, 0.29) is 0 Å². The number of hydrogen-bond donors (Lipinski definition) is 1. The van der Waals surface area contributed by atoms with Crippen molar-refractivity contribution in [3.63, 3.8) is 0 Å². The zero-order valence-corrected chi connectivity index (χ0v) is 12.0. The van der Waals surface area contributed by atoms with Gasteiger partial charge in [-0.1, -0.05) is 12.6 Å². The average Bonchev–Trinajstić information content (AvgIpc) is 3.07. The molecule has 0 saturated heterocycles. The van der Waals surface area contributed by atoms with Crippen molar-refractivity contribution >= 4 is 44.5 Å². The molecule has 0 atom stereocenters. The number of nitrogen functional groups attached to an aromatic ring is 1. The van der Waals surface area contributed by atoms with Crippen molar-refractivity contribution in [1.82, 2.24) is 4.98 Å². The Morgan fingerprint density at radius 2 is 2.25 bits per heavy atom. The highest BCUT2D eigenvalue weighted by Gasteiger charge is 2.18. The van der Waals surface area contributed by atoms with Gasteiger partial charge in [0.1, 0.15) is 9.71 Å². The van der Waals surface area contributed by atoms with Crippen molar-refractivity contribution in [1.29, 1.82) is 0 Å². The summed E-state index contributed by atoms with van der Waals surface area (Å²) in [6, 6.07) is 7.76. The number of carbonyl (C=O) groups is 1. The summed E-state index contributed by atoms with van der Waals surface area (Å²) in [5.41, 5.74) is 7.25. The van der Waals surface area contributed by atoms with Gasteiger partial charge in [0.05, 0.1) is 22.5 Å². The van der Waals surface area contributed by atoms with Crippen LogP contribution < -0.4 is 5.73 Å². The zero-order chi connectivity index (χ0) is 14.1. The van der Waals surface area contributed by atoms with Crippen LogP contribution in [0.4, 0.5) is 5.69 Å². The molecule has 0 aromatic carbocycles. The molecule has 4 nitrogen and oxygen atoms in total. The Kier molecular flexibility index (Phi) is 3.25. The molecule has 0 aliphatic rings. The van der Waals surface area contributed by atoms with E-state index < -0.39 is 5.97 Å². The van der Waals surface area contributed by atoms with Crippen molar-refractivity contribution in [2.24, 2.45) is 0 Å². The molecular formula is C14H10N2O2S2. The second-order valence-corrected chi connectivity index (χ2v) is 5.89. The molecule has 0 bridgehead atoms. The third-order valence-electron chi connectivity index (χ3n) is 2.74. The fraction of sp³-hybridized carbons (Fsp3) is 0. The number of rotatable bonds is 3. The van der Waals surface area contributed by atoms with Gasteiger partial charge in [0.25, 0.3) is 0 Å². The van der Waals surface area contributed by atoms with E-state index in [0.717, 1.165) is 27.0 Å². The summed E-state index contributed by atoms with van der Waals surface area (Å²) in [6.45, 7) is 3.36. The molecule has 20 heavy (non-hydrogen) atoms. The summed E-state index contributed by atoms with van der Waals surface area (Å²) in [6.07, 6.45) is 1.09. The van der Waals surface area contributed by atoms with Crippen molar-refractivity contribution in [3.8, 4) is 10.6 Å². The topological polar surface area (TPSA) is 65.2 Å². The van der Waals surface area contributed by atoms with Crippen LogP contribution in [-0.2, 0) is 4.74 Å². The van der Waals surface area contributed by atoms with E-state index in [9.17, 15) is 4.79 Å². The monoisotopic (exact) mass is 302 g/mol. The van der Waals surface area contributed by atoms with E-state index in [1.807, 2.05) is 29.6 Å². The van der Waals surface area contributed by atoms with Gasteiger partial charge in [-0.2, -0.15) is 0 Å². The number of carbonyl (C=O) groups excluding carboxylic acids is 1. The van der Waals surface area contributed by atoms with Gasteiger partial charge in [-0.3, -0.25) is 0 Å². The Labute approximate surface area is 123 Å². The van der Waals surface area contributed by atoms with Gasteiger partial charge in [-0.25, -0.2) is 9.78 Å². The Morgan fingerprint density at radius 3 is 2.95 bits per heavy atom. The molecule has 0 unspecified atom stereocenters. The van der Waals surface area contributed by atoms with Gasteiger partial charge < -0.3 is 10.5 Å². The first-order valence-electron chi connectivity index (χ1n) is 5.75. The van der Waals surface area contributed by atoms with Gasteiger partial charge in [-0.15, -0.1) is 22.7 Å². The smallest absolute Gasteiger partial charge is 0.355 e. The van der Waals surface area contributed by atoms with Gasteiger partial charge in [0.2, 0.25) is 0 Å². The summed E-state index contributed by atoms with van der Waals surface area (Å²) in [5, 5.41) is 2.77. The van der Waals surface area contributed by atoms with Crippen LogP contribution >= 0.6 is 22.7 Å². The Balaban J connectivity index is 2.12. The minimum absolute atomic E-state index is 0.357. The molecule has 0 aliphatic heterocycles. The number of fused-ring (bicyclic) bond motifs is 1. The van der Waals surface area contributed by atoms with Crippen LogP contribution in [0.25, 0.3) is 20.8 Å². The highest BCUT2D eigenvalue weighted by Crippen LogP contribution is 2.35. The van der Waals surface area contributed by atoms with Crippen molar-refractivity contribution in [2.45, 2.75) is 0 Å². The predicted molar refractivity (Wildman–Crippen MR) is 83.0 cm³/mol. The maximum absolute atomic E-state index is 11.8. The summed E-state index contributed by atoms with van der Waals surface area (Å²) in [4.78, 5) is 18.5. The molecule has 100 valence electrons. The van der Waals surface area contributed by atoms with Crippen LogP contribution in [-0.4, -0.2) is 11.0 Å². The number of hydrogen-bond acceptors (Lipinski definition) is 6. The number of anilines is 1. The lowest BCUT2D eigenvalue weighted by atomic mass is 10.2. The van der Waals surface area contributed by atoms with Crippen LogP contribution in [0.2, 0.25) is 0 Å². The summed E-state index contributed by atoms with van der Waals surface area (Å²) in [5.74, 6) is -0.502. The van der Waals surface area contributed by atoms with E-state index >= 15 is 0 Å². The van der Waals surface area contributed by atoms with Gasteiger partial charge in [-0.05, 0) is 23.6 Å². The van der Waals surface area contributed by atoms with E-state index in [0.29, 0.717) is 10.6 Å². The standard InChI is InChI=1S/C14H10N2O2S2/c1-2-18-14(17)12-11(15)8-5-6-9(16-13(8)20-12)10-4-3-7-19-10/h2-7H,1,15H2. The first kappa shape index (κ1) is 12.8. The van der Waals surface area contributed by atoms with E-state index in [2.05, 4.69) is 11.6 Å². The third kappa shape index (κ3) is 2.09. The number of ether oxygens (including phenoxy) is 1. The van der Waals surface area contributed by atoms with E-state index in [4.69, 9.17) is 10.5 Å². The number of pyridine rings is 1. The highest BCUT2D eigenvalue weighted by molar-refractivity contribution is 7.21. The molecule has 0 spiro atoms. The number of thiophene rings is 2. The molecule has 0 radical (unpaired) electrons. The number of esters is 1. The Bertz CT molecular complexity index is 791. The minimum atomic E-state index is -0.502. The quantitative estimate of drug-likeness (QED) is 0.588. The molecule has 0 saturated carbocycles. The van der Waals surface area contributed by atoms with Gasteiger partial charge >= 0.3 is 5.97 Å². The second kappa shape index (κ2) is 5.07. The molecule has 0 amide bonds. The van der Waals surface area contributed by atoms with Crippen LogP contribution in [0.5, 0.6) is 0 Å². The molecule has 3 heterocycles. The molecule has 2 N–H and O–H groups in total. The molecule has 3 aromatic rings. The third-order valence-corrected chi connectivity index (χ3v) is 4.73. The first-order valence-corrected chi connectivity index (χ1v) is 7.45. The molecule has 6 heteroatoms. The fourth-order valence-electron chi connectivity index (χ4n) is 1.84. The van der Waals surface area contributed by atoms with Crippen LogP contribution in [0.15, 0.2) is 42.5 Å². The lowest BCUT2D eigenvalue weighted by Crippen LogP contribution is -2.00. The number of nitrogens with zero attached hydrogens (tertiary/aromatic N) is 1. The summed E-state index contributed by atoms with van der Waals surface area (Å²) >= 11 is 2.85. The lowest BCUT2D eigenvalue weighted by Gasteiger charge is -1.97. The highest BCUT2D eigenvalue weighted by atomic mass is 32.1. The molecule has 3 rings (SSSR count). The predicted octanol–water partition coefficient (Wildman–Crippen LogP) is 3.91. The van der Waals surface area contributed by atoms with E-state index in [1.165, 1.54) is 11.3 Å². The largest absolute Gasteiger partial charge is 0.431 e. The summed E-state index contributed by atoms with van der Waals surface area (Å²) < 4.78 is 4.77. The molecular weight excluding hydrogens is 292 g/mol. The SMILES string of the molecule is C=COC(=O)c1sc2nc(-c3cccs3)ccc2c1N. The molecule has 0 fully saturated rings. The zero-order valence-electron chi connectivity index (χ0n) is 10.3. The van der Waals surface area contributed by atoms with Crippen LogP contribution in [0.1, 0.15) is 9.67 Å². The van der Waals surface area contributed by atoms with Crippen molar-refractivity contribution in [2.75, 3.05) is 5.73 Å². The first-order chi connectivity index (χ1) is 9.70. The van der Waals surface area contributed by atoms with Gasteiger partial charge in [0.15, 0.2) is 0 Å². The number of nitrogens with two attached hydrogens (primary N) is 1. The average molecular weight is 302 g/mol. The Hall–Kier alpha value is -2.18. The van der Waals surface area contributed by atoms with Crippen LogP contribution in [0, 0.1) is 0 Å². The van der Waals surface area contributed by atoms with Gasteiger partial charge in [0, 0.05) is 5.39 Å². The van der Waals surface area contributed by atoms with Crippen molar-refractivity contribution < 1.29 is 9.53 Å². The van der Waals surface area contributed by atoms with Crippen molar-refractivity contribution in [3.05, 3.63) is 47.4 Å². The molecule has 3 aromatic heterocycles. The fourth-order valence-corrected chi connectivity index (χ4v) is 3.51. The minimum Gasteiger partial charge on any atom is -0.431 e. The molecule has 0 aliphatic carbocycles. The van der Waals surface area contributed by atoms with Crippen LogP contribution in [0.3, 0.4) is 0 Å². The second-order valence-electron chi connectivity index (χ2n) is 3.94. The number of aromatic nitrogens is 1. The lowest BCUT2D eigenvalue weighted by molar-refractivity contribution is 0.0670. The maximum Gasteiger partial charge on any atom is 0.355 e. The Morgan fingerprint density at radius 1 is 1.40 bits per heavy atom. The van der Waals surface area contributed by atoms with E-state index in [1.54, 1.807) is 11.3 Å². The normalized spacial score (nSPS) is 10.6. The summed E-state index contributed by atoms with van der Waals surface area (Å²) in [7, 11) is 0.